The fourth-order valence-electron chi connectivity index (χ4n) is 3.30. The first kappa shape index (κ1) is 12.2. The molecular formula is C15H20N4. The van der Waals surface area contributed by atoms with Gasteiger partial charge in [-0.2, -0.15) is 5.10 Å². The number of hydrogen-bond donors (Lipinski definition) is 2. The monoisotopic (exact) mass is 256 g/mol. The second-order valence-corrected chi connectivity index (χ2v) is 6.07. The molecule has 1 fully saturated rings. The number of aromatic amines is 1. The number of H-pyrrole nitrogens is 1. The van der Waals surface area contributed by atoms with Gasteiger partial charge in [0.05, 0.1) is 0 Å². The summed E-state index contributed by atoms with van der Waals surface area (Å²) >= 11 is 0. The van der Waals surface area contributed by atoms with Crippen molar-refractivity contribution in [3.8, 4) is 11.1 Å². The molecule has 2 aromatic rings. The number of nitrogen functional groups attached to an aromatic ring is 1. The van der Waals surface area contributed by atoms with Gasteiger partial charge in [0, 0.05) is 35.1 Å². The standard InChI is InChI=1S/C15H20N4/c1-15(2)7-3-6-11(15)13-12(14(16)19-18-13)10-5-4-8-17-9-10/h4-5,8-9,11H,3,6-7H2,1-2H3,(H3,16,18,19). The highest BCUT2D eigenvalue weighted by molar-refractivity contribution is 5.76. The van der Waals surface area contributed by atoms with Gasteiger partial charge < -0.3 is 5.73 Å². The lowest BCUT2D eigenvalue weighted by Gasteiger charge is -2.26. The van der Waals surface area contributed by atoms with Gasteiger partial charge in [0.15, 0.2) is 5.82 Å². The molecule has 4 heteroatoms. The molecular weight excluding hydrogens is 236 g/mol. The van der Waals surface area contributed by atoms with E-state index in [9.17, 15) is 0 Å². The minimum Gasteiger partial charge on any atom is -0.382 e. The van der Waals surface area contributed by atoms with Gasteiger partial charge in [0.1, 0.15) is 0 Å². The molecule has 19 heavy (non-hydrogen) atoms. The molecule has 0 spiro atoms. The molecule has 0 aliphatic heterocycles. The first-order valence-electron chi connectivity index (χ1n) is 6.84. The van der Waals surface area contributed by atoms with E-state index in [0.717, 1.165) is 11.1 Å². The maximum Gasteiger partial charge on any atom is 0.153 e. The van der Waals surface area contributed by atoms with Crippen molar-refractivity contribution < 1.29 is 0 Å². The highest BCUT2D eigenvalue weighted by Gasteiger charge is 2.38. The molecule has 100 valence electrons. The SMILES string of the molecule is CC1(C)CCCC1c1[nH]nc(N)c1-c1cccnc1. The molecule has 1 saturated carbocycles. The second kappa shape index (κ2) is 4.37. The van der Waals surface area contributed by atoms with Gasteiger partial charge in [-0.15, -0.1) is 0 Å². The zero-order valence-corrected chi connectivity index (χ0v) is 11.5. The highest BCUT2D eigenvalue weighted by Crippen LogP contribution is 2.50. The van der Waals surface area contributed by atoms with Crippen molar-refractivity contribution in [3.05, 3.63) is 30.2 Å². The third-order valence-corrected chi connectivity index (χ3v) is 4.38. The van der Waals surface area contributed by atoms with Crippen molar-refractivity contribution >= 4 is 5.82 Å². The molecule has 1 aliphatic rings. The molecule has 3 rings (SSSR count). The fourth-order valence-corrected chi connectivity index (χ4v) is 3.30. The first-order valence-corrected chi connectivity index (χ1v) is 6.84. The van der Waals surface area contributed by atoms with E-state index in [-0.39, 0.29) is 0 Å². The third-order valence-electron chi connectivity index (χ3n) is 4.38. The number of aromatic nitrogens is 3. The Balaban J connectivity index is 2.09. The van der Waals surface area contributed by atoms with E-state index < -0.39 is 0 Å². The van der Waals surface area contributed by atoms with E-state index >= 15 is 0 Å². The predicted molar refractivity (Wildman–Crippen MR) is 76.6 cm³/mol. The molecule has 2 aromatic heterocycles. The lowest BCUT2D eigenvalue weighted by atomic mass is 9.78. The van der Waals surface area contributed by atoms with Crippen molar-refractivity contribution in [2.75, 3.05) is 5.73 Å². The van der Waals surface area contributed by atoms with Crippen LogP contribution in [-0.4, -0.2) is 15.2 Å². The maximum absolute atomic E-state index is 6.06. The Kier molecular flexibility index (Phi) is 2.81. The Morgan fingerprint density at radius 3 is 2.89 bits per heavy atom. The van der Waals surface area contributed by atoms with E-state index in [2.05, 4.69) is 29.0 Å². The molecule has 0 bridgehead atoms. The summed E-state index contributed by atoms with van der Waals surface area (Å²) in [7, 11) is 0. The smallest absolute Gasteiger partial charge is 0.153 e. The second-order valence-electron chi connectivity index (χ2n) is 6.07. The molecule has 4 nitrogen and oxygen atoms in total. The molecule has 0 aromatic carbocycles. The molecule has 1 unspecified atom stereocenters. The molecule has 0 radical (unpaired) electrons. The van der Waals surface area contributed by atoms with Crippen LogP contribution >= 0.6 is 0 Å². The Hall–Kier alpha value is -1.84. The van der Waals surface area contributed by atoms with Crippen LogP contribution in [0.2, 0.25) is 0 Å². The summed E-state index contributed by atoms with van der Waals surface area (Å²) in [6, 6.07) is 3.98. The van der Waals surface area contributed by atoms with E-state index in [0.29, 0.717) is 17.2 Å². The van der Waals surface area contributed by atoms with Crippen LogP contribution in [0.5, 0.6) is 0 Å². The first-order chi connectivity index (χ1) is 9.09. The lowest BCUT2D eigenvalue weighted by molar-refractivity contribution is 0.328. The minimum atomic E-state index is 0.302. The average Bonchev–Trinajstić information content (AvgIpc) is 2.92. The van der Waals surface area contributed by atoms with Crippen molar-refractivity contribution in [1.82, 2.24) is 15.2 Å². The number of pyridine rings is 1. The van der Waals surface area contributed by atoms with Crippen LogP contribution < -0.4 is 5.73 Å². The zero-order valence-electron chi connectivity index (χ0n) is 11.5. The Bertz CT molecular complexity index is 571. The largest absolute Gasteiger partial charge is 0.382 e. The predicted octanol–water partition coefficient (Wildman–Crippen LogP) is 3.35. The van der Waals surface area contributed by atoms with Gasteiger partial charge in [-0.1, -0.05) is 26.3 Å². The number of anilines is 1. The van der Waals surface area contributed by atoms with Crippen LogP contribution in [0.25, 0.3) is 11.1 Å². The van der Waals surface area contributed by atoms with Crippen molar-refractivity contribution in [1.29, 1.82) is 0 Å². The topological polar surface area (TPSA) is 67.6 Å². The summed E-state index contributed by atoms with van der Waals surface area (Å²) < 4.78 is 0. The van der Waals surface area contributed by atoms with E-state index in [1.807, 2.05) is 18.3 Å². The van der Waals surface area contributed by atoms with Crippen molar-refractivity contribution in [3.63, 3.8) is 0 Å². The quantitative estimate of drug-likeness (QED) is 0.865. The average molecular weight is 256 g/mol. The summed E-state index contributed by atoms with van der Waals surface area (Å²) in [6.07, 6.45) is 7.35. The number of nitrogens with one attached hydrogen (secondary N) is 1. The molecule has 1 aliphatic carbocycles. The van der Waals surface area contributed by atoms with Gasteiger partial charge in [0.2, 0.25) is 0 Å². The van der Waals surface area contributed by atoms with Crippen LogP contribution in [0, 0.1) is 5.41 Å². The number of nitrogens with zero attached hydrogens (tertiary/aromatic N) is 2. The number of nitrogens with two attached hydrogens (primary N) is 1. The lowest BCUT2D eigenvalue weighted by Crippen LogP contribution is -2.16. The summed E-state index contributed by atoms with van der Waals surface area (Å²) in [6.45, 7) is 4.66. The number of rotatable bonds is 2. The molecule has 2 heterocycles. The Morgan fingerprint density at radius 2 is 2.26 bits per heavy atom. The Labute approximate surface area is 113 Å². The molecule has 0 amide bonds. The third kappa shape index (κ3) is 2.01. The Morgan fingerprint density at radius 1 is 1.42 bits per heavy atom. The minimum absolute atomic E-state index is 0.302. The van der Waals surface area contributed by atoms with E-state index in [1.54, 1.807) is 6.20 Å². The van der Waals surface area contributed by atoms with Crippen LogP contribution in [0.1, 0.15) is 44.7 Å². The van der Waals surface area contributed by atoms with Crippen LogP contribution in [0.3, 0.4) is 0 Å². The van der Waals surface area contributed by atoms with E-state index in [1.165, 1.54) is 25.0 Å². The van der Waals surface area contributed by atoms with Crippen molar-refractivity contribution in [2.24, 2.45) is 5.41 Å². The molecule has 1 atom stereocenters. The summed E-state index contributed by atoms with van der Waals surface area (Å²) in [5, 5.41) is 7.40. The molecule has 0 saturated heterocycles. The van der Waals surface area contributed by atoms with Gasteiger partial charge in [-0.05, 0) is 24.3 Å². The fraction of sp³-hybridized carbons (Fsp3) is 0.467. The normalized spacial score (nSPS) is 21.7. The van der Waals surface area contributed by atoms with Crippen molar-refractivity contribution in [2.45, 2.75) is 39.0 Å². The summed E-state index contributed by atoms with van der Waals surface area (Å²) in [4.78, 5) is 4.19. The van der Waals surface area contributed by atoms with Gasteiger partial charge in [-0.25, -0.2) is 0 Å². The highest BCUT2D eigenvalue weighted by atomic mass is 15.2. The van der Waals surface area contributed by atoms with E-state index in [4.69, 9.17) is 5.73 Å². The maximum atomic E-state index is 6.06. The van der Waals surface area contributed by atoms with Gasteiger partial charge in [0.25, 0.3) is 0 Å². The number of hydrogen-bond acceptors (Lipinski definition) is 3. The van der Waals surface area contributed by atoms with Gasteiger partial charge in [-0.3, -0.25) is 10.1 Å². The van der Waals surface area contributed by atoms with Crippen LogP contribution in [-0.2, 0) is 0 Å². The summed E-state index contributed by atoms with van der Waals surface area (Å²) in [5.74, 6) is 1.07. The zero-order chi connectivity index (χ0) is 13.5. The van der Waals surface area contributed by atoms with Crippen LogP contribution in [0.15, 0.2) is 24.5 Å². The van der Waals surface area contributed by atoms with Crippen LogP contribution in [0.4, 0.5) is 5.82 Å². The summed E-state index contributed by atoms with van der Waals surface area (Å²) in [5.41, 5.74) is 9.62. The molecule has 3 N–H and O–H groups in total. The van der Waals surface area contributed by atoms with Gasteiger partial charge >= 0.3 is 0 Å².